The SMILES string of the molecule is CCCOc1cc(F)c(C(O)C(CCN)NC)cc1OCCC. The second-order valence-corrected chi connectivity index (χ2v) is 5.43. The summed E-state index contributed by atoms with van der Waals surface area (Å²) in [6.45, 7) is 5.36. The van der Waals surface area contributed by atoms with Gasteiger partial charge in [-0.25, -0.2) is 4.39 Å². The van der Waals surface area contributed by atoms with Gasteiger partial charge in [0.2, 0.25) is 0 Å². The standard InChI is InChI=1S/C17H29FN2O3/c1-4-8-22-15-10-12(17(21)14(20-3)6-7-19)13(18)11-16(15)23-9-5-2/h10-11,14,17,20-21H,4-9,19H2,1-3H3. The first-order valence-corrected chi connectivity index (χ1v) is 8.23. The van der Waals surface area contributed by atoms with E-state index in [0.717, 1.165) is 12.8 Å². The van der Waals surface area contributed by atoms with Gasteiger partial charge in [0.1, 0.15) is 5.82 Å². The van der Waals surface area contributed by atoms with Crippen molar-refractivity contribution >= 4 is 0 Å². The van der Waals surface area contributed by atoms with Crippen LogP contribution in [0.3, 0.4) is 0 Å². The lowest BCUT2D eigenvalue weighted by Crippen LogP contribution is -2.34. The van der Waals surface area contributed by atoms with E-state index in [1.165, 1.54) is 12.1 Å². The fourth-order valence-electron chi connectivity index (χ4n) is 2.28. The highest BCUT2D eigenvalue weighted by Crippen LogP contribution is 2.34. The Morgan fingerprint density at radius 3 is 2.22 bits per heavy atom. The highest BCUT2D eigenvalue weighted by atomic mass is 19.1. The molecule has 5 nitrogen and oxygen atoms in total. The molecule has 0 saturated heterocycles. The normalized spacial score (nSPS) is 13.7. The Labute approximate surface area is 138 Å². The first-order valence-electron chi connectivity index (χ1n) is 8.23. The maximum Gasteiger partial charge on any atom is 0.164 e. The Morgan fingerprint density at radius 2 is 1.74 bits per heavy atom. The molecular formula is C17H29FN2O3. The lowest BCUT2D eigenvalue weighted by atomic mass is 9.98. The summed E-state index contributed by atoms with van der Waals surface area (Å²) in [6.07, 6.45) is 1.18. The van der Waals surface area contributed by atoms with Crippen LogP contribution in [0, 0.1) is 5.82 Å². The minimum absolute atomic E-state index is 0.188. The van der Waals surface area contributed by atoms with E-state index < -0.39 is 11.9 Å². The number of hydrogen-bond acceptors (Lipinski definition) is 5. The molecule has 132 valence electrons. The van der Waals surface area contributed by atoms with Crippen LogP contribution in [0.5, 0.6) is 11.5 Å². The monoisotopic (exact) mass is 328 g/mol. The summed E-state index contributed by atoms with van der Waals surface area (Å²) in [5.41, 5.74) is 5.73. The molecule has 4 N–H and O–H groups in total. The molecular weight excluding hydrogens is 299 g/mol. The van der Waals surface area contributed by atoms with E-state index in [0.29, 0.717) is 37.7 Å². The molecule has 0 aromatic heterocycles. The van der Waals surface area contributed by atoms with Gasteiger partial charge in [0.05, 0.1) is 19.3 Å². The maximum absolute atomic E-state index is 14.4. The number of aliphatic hydroxyl groups excluding tert-OH is 1. The minimum Gasteiger partial charge on any atom is -0.490 e. The van der Waals surface area contributed by atoms with Gasteiger partial charge in [0.15, 0.2) is 11.5 Å². The molecule has 0 saturated carbocycles. The van der Waals surface area contributed by atoms with Gasteiger partial charge in [-0.05, 0) is 38.9 Å². The van der Waals surface area contributed by atoms with Crippen LogP contribution >= 0.6 is 0 Å². The summed E-state index contributed by atoms with van der Waals surface area (Å²) in [7, 11) is 1.72. The lowest BCUT2D eigenvalue weighted by Gasteiger charge is -2.24. The first kappa shape index (κ1) is 19.7. The van der Waals surface area contributed by atoms with Gasteiger partial charge in [0.25, 0.3) is 0 Å². The molecule has 0 aliphatic carbocycles. The van der Waals surface area contributed by atoms with Crippen LogP contribution in [0.2, 0.25) is 0 Å². The van der Waals surface area contributed by atoms with Crippen molar-refractivity contribution in [2.75, 3.05) is 26.8 Å². The molecule has 1 rings (SSSR count). The van der Waals surface area contributed by atoms with Crippen molar-refractivity contribution in [1.29, 1.82) is 0 Å². The van der Waals surface area contributed by atoms with E-state index in [9.17, 15) is 9.50 Å². The fourth-order valence-corrected chi connectivity index (χ4v) is 2.28. The third kappa shape index (κ3) is 5.64. The average Bonchev–Trinajstić information content (AvgIpc) is 2.56. The maximum atomic E-state index is 14.4. The molecule has 0 fully saturated rings. The van der Waals surface area contributed by atoms with Gasteiger partial charge in [0, 0.05) is 17.7 Å². The number of likely N-dealkylation sites (N-methyl/N-ethyl adjacent to an activating group) is 1. The second kappa shape index (κ2) is 10.4. The molecule has 0 aliphatic rings. The van der Waals surface area contributed by atoms with Crippen molar-refractivity contribution in [1.82, 2.24) is 5.32 Å². The second-order valence-electron chi connectivity index (χ2n) is 5.43. The molecule has 1 aromatic carbocycles. The molecule has 0 bridgehead atoms. The molecule has 2 atom stereocenters. The number of nitrogens with one attached hydrogen (secondary N) is 1. The van der Waals surface area contributed by atoms with Crippen LogP contribution < -0.4 is 20.5 Å². The Bertz CT molecular complexity index is 471. The topological polar surface area (TPSA) is 76.7 Å². The molecule has 1 aromatic rings. The van der Waals surface area contributed by atoms with Crippen molar-refractivity contribution in [2.45, 2.75) is 45.3 Å². The fraction of sp³-hybridized carbons (Fsp3) is 0.647. The van der Waals surface area contributed by atoms with Crippen molar-refractivity contribution in [2.24, 2.45) is 5.73 Å². The number of ether oxygens (including phenoxy) is 2. The van der Waals surface area contributed by atoms with E-state index in [2.05, 4.69) is 5.32 Å². The molecule has 2 unspecified atom stereocenters. The molecule has 6 heteroatoms. The molecule has 0 heterocycles. The number of hydrogen-bond donors (Lipinski definition) is 3. The summed E-state index contributed by atoms with van der Waals surface area (Å²) in [6, 6.07) is 2.49. The third-order valence-electron chi connectivity index (χ3n) is 3.53. The zero-order valence-electron chi connectivity index (χ0n) is 14.3. The third-order valence-corrected chi connectivity index (χ3v) is 3.53. The summed E-state index contributed by atoms with van der Waals surface area (Å²) in [5.74, 6) is 0.316. The predicted octanol–water partition coefficient (Wildman–Crippen LogP) is 2.37. The quantitative estimate of drug-likeness (QED) is 0.581. The summed E-state index contributed by atoms with van der Waals surface area (Å²) in [5, 5.41) is 13.4. The molecule has 23 heavy (non-hydrogen) atoms. The van der Waals surface area contributed by atoms with Crippen molar-refractivity contribution < 1.29 is 19.0 Å². The van der Waals surface area contributed by atoms with E-state index in [1.807, 2.05) is 13.8 Å². The summed E-state index contributed by atoms with van der Waals surface area (Å²) < 4.78 is 25.6. The highest BCUT2D eigenvalue weighted by molar-refractivity contribution is 5.45. The first-order chi connectivity index (χ1) is 11.1. The van der Waals surface area contributed by atoms with Crippen molar-refractivity contribution in [3.05, 3.63) is 23.5 Å². The number of benzene rings is 1. The molecule has 0 aliphatic heterocycles. The Kier molecular flexibility index (Phi) is 8.91. The van der Waals surface area contributed by atoms with Crippen LogP contribution in [0.1, 0.15) is 44.8 Å². The lowest BCUT2D eigenvalue weighted by molar-refractivity contribution is 0.124. The van der Waals surface area contributed by atoms with E-state index >= 15 is 0 Å². The molecule has 0 spiro atoms. The smallest absolute Gasteiger partial charge is 0.164 e. The van der Waals surface area contributed by atoms with Gasteiger partial charge >= 0.3 is 0 Å². The number of rotatable bonds is 11. The number of aliphatic hydroxyl groups is 1. The van der Waals surface area contributed by atoms with Gasteiger partial charge in [-0.1, -0.05) is 13.8 Å². The van der Waals surface area contributed by atoms with Gasteiger partial charge in [-0.2, -0.15) is 0 Å². The van der Waals surface area contributed by atoms with Crippen molar-refractivity contribution in [3.63, 3.8) is 0 Å². The zero-order chi connectivity index (χ0) is 17.2. The largest absolute Gasteiger partial charge is 0.490 e. The predicted molar refractivity (Wildman–Crippen MR) is 89.5 cm³/mol. The summed E-state index contributed by atoms with van der Waals surface area (Å²) in [4.78, 5) is 0. The Morgan fingerprint density at radius 1 is 1.17 bits per heavy atom. The van der Waals surface area contributed by atoms with Crippen LogP contribution in [0.4, 0.5) is 4.39 Å². The van der Waals surface area contributed by atoms with Crippen LogP contribution in [0.25, 0.3) is 0 Å². The average molecular weight is 328 g/mol. The van der Waals surface area contributed by atoms with Crippen LogP contribution in [-0.4, -0.2) is 38.0 Å². The van der Waals surface area contributed by atoms with Crippen LogP contribution in [0.15, 0.2) is 12.1 Å². The van der Waals surface area contributed by atoms with E-state index in [4.69, 9.17) is 15.2 Å². The zero-order valence-corrected chi connectivity index (χ0v) is 14.3. The Balaban J connectivity index is 3.11. The molecule has 0 amide bonds. The van der Waals surface area contributed by atoms with Crippen molar-refractivity contribution in [3.8, 4) is 11.5 Å². The van der Waals surface area contributed by atoms with Gasteiger partial charge in [-0.15, -0.1) is 0 Å². The number of halogens is 1. The molecule has 0 radical (unpaired) electrons. The number of nitrogens with two attached hydrogens (primary N) is 1. The summed E-state index contributed by atoms with van der Waals surface area (Å²) >= 11 is 0. The van der Waals surface area contributed by atoms with Gasteiger partial charge < -0.3 is 25.6 Å². The minimum atomic E-state index is -1.01. The van der Waals surface area contributed by atoms with Gasteiger partial charge in [-0.3, -0.25) is 0 Å². The van der Waals surface area contributed by atoms with Crippen LogP contribution in [-0.2, 0) is 0 Å². The van der Waals surface area contributed by atoms with E-state index in [-0.39, 0.29) is 11.6 Å². The Hall–Kier alpha value is -1.37. The highest BCUT2D eigenvalue weighted by Gasteiger charge is 2.24. The van der Waals surface area contributed by atoms with E-state index in [1.54, 1.807) is 7.05 Å².